The Balaban J connectivity index is 2.75. The fraction of sp³-hybridized carbons (Fsp3) is 0.571. The van der Waals surface area contributed by atoms with E-state index in [9.17, 15) is 19.2 Å². The predicted molar refractivity (Wildman–Crippen MR) is 73.2 cm³/mol. The first kappa shape index (κ1) is 17.7. The summed E-state index contributed by atoms with van der Waals surface area (Å²) in [5, 5.41) is 0. The number of hydrogen-bond donors (Lipinski definition) is 0. The Kier molecular flexibility index (Phi) is 6.09. The average Bonchev–Trinajstić information content (AvgIpc) is 2.44. The van der Waals surface area contributed by atoms with Crippen LogP contribution in [0, 0.1) is 0 Å². The molecule has 1 saturated heterocycles. The quantitative estimate of drug-likeness (QED) is 0.286. The molecular weight excluding hydrogens is 294 g/mol. The number of nitrogens with zero attached hydrogens (tertiary/aromatic N) is 1. The number of carbonyl (C=O) groups is 4. The van der Waals surface area contributed by atoms with Gasteiger partial charge in [-0.2, -0.15) is 0 Å². The summed E-state index contributed by atoms with van der Waals surface area (Å²) in [7, 11) is 2.40. The van der Waals surface area contributed by atoms with Gasteiger partial charge in [0, 0.05) is 19.4 Å². The van der Waals surface area contributed by atoms with Gasteiger partial charge in [-0.3, -0.25) is 19.3 Å². The van der Waals surface area contributed by atoms with Gasteiger partial charge >= 0.3 is 17.9 Å². The number of methoxy groups -OCH3 is 2. The van der Waals surface area contributed by atoms with Gasteiger partial charge in [-0.1, -0.05) is 12.2 Å². The maximum absolute atomic E-state index is 11.7. The maximum atomic E-state index is 11.7. The molecule has 1 amide bonds. The number of likely N-dealkylation sites (tertiary alicyclic amines) is 1. The van der Waals surface area contributed by atoms with Gasteiger partial charge in [0.2, 0.25) is 5.91 Å². The first-order valence-electron chi connectivity index (χ1n) is 6.59. The summed E-state index contributed by atoms with van der Waals surface area (Å²) in [6, 6.07) is -0.381. The van der Waals surface area contributed by atoms with Gasteiger partial charge in [-0.25, -0.2) is 4.79 Å². The van der Waals surface area contributed by atoms with Crippen molar-refractivity contribution in [3.63, 3.8) is 0 Å². The summed E-state index contributed by atoms with van der Waals surface area (Å²) in [5.74, 6) is -2.33. The highest BCUT2D eigenvalue weighted by Crippen LogP contribution is 2.29. The van der Waals surface area contributed by atoms with Crippen molar-refractivity contribution in [1.82, 2.24) is 4.90 Å². The lowest BCUT2D eigenvalue weighted by atomic mass is 9.93. The van der Waals surface area contributed by atoms with Crippen molar-refractivity contribution in [2.24, 2.45) is 0 Å². The van der Waals surface area contributed by atoms with Crippen LogP contribution >= 0.6 is 0 Å². The molecule has 0 bridgehead atoms. The normalized spacial score (nSPS) is 18.0. The number of esters is 3. The highest BCUT2D eigenvalue weighted by atomic mass is 16.6. The highest BCUT2D eigenvalue weighted by Gasteiger charge is 2.46. The molecule has 1 unspecified atom stereocenters. The molecular formula is C14H19NO7. The zero-order chi connectivity index (χ0) is 16.9. The van der Waals surface area contributed by atoms with Gasteiger partial charge in [-0.05, 0) is 6.42 Å². The third-order valence-electron chi connectivity index (χ3n) is 3.17. The number of hydrogen-bond acceptors (Lipinski definition) is 7. The van der Waals surface area contributed by atoms with E-state index >= 15 is 0 Å². The van der Waals surface area contributed by atoms with Crippen LogP contribution in [0.25, 0.3) is 0 Å². The Labute approximate surface area is 128 Å². The van der Waals surface area contributed by atoms with Crippen LogP contribution in [0.1, 0.15) is 26.2 Å². The van der Waals surface area contributed by atoms with E-state index in [0.29, 0.717) is 12.0 Å². The van der Waals surface area contributed by atoms with Crippen molar-refractivity contribution in [3.8, 4) is 0 Å². The Morgan fingerprint density at radius 1 is 1.32 bits per heavy atom. The minimum absolute atomic E-state index is 0.0193. The topological polar surface area (TPSA) is 99.2 Å². The standard InChI is InChI=1S/C14H19NO7/c1-8(6-12(18)20-3)5-10-7-11(17)15(10)13(14(19)21-4)22-9(2)16/h10,13H,1,5-7H2,2-4H3/t10-,13?/m0/s1. The van der Waals surface area contributed by atoms with Crippen LogP contribution in [0.3, 0.4) is 0 Å². The minimum Gasteiger partial charge on any atom is -0.469 e. The van der Waals surface area contributed by atoms with Gasteiger partial charge < -0.3 is 14.2 Å². The molecule has 1 heterocycles. The molecule has 2 atom stereocenters. The number of rotatable bonds is 7. The summed E-state index contributed by atoms with van der Waals surface area (Å²) in [6.07, 6.45) is -0.921. The number of β-lactam (4-membered cyclic amide) rings is 1. The van der Waals surface area contributed by atoms with Crippen molar-refractivity contribution in [2.45, 2.75) is 38.5 Å². The smallest absolute Gasteiger partial charge is 0.369 e. The molecule has 0 aliphatic carbocycles. The van der Waals surface area contributed by atoms with Gasteiger partial charge in [0.1, 0.15) is 0 Å². The molecule has 8 heteroatoms. The maximum Gasteiger partial charge on any atom is 0.369 e. The highest BCUT2D eigenvalue weighted by molar-refractivity contribution is 5.89. The van der Waals surface area contributed by atoms with E-state index in [1.54, 1.807) is 0 Å². The molecule has 0 aromatic rings. The zero-order valence-electron chi connectivity index (χ0n) is 12.8. The van der Waals surface area contributed by atoms with Crippen molar-refractivity contribution in [1.29, 1.82) is 0 Å². The molecule has 0 aromatic carbocycles. The van der Waals surface area contributed by atoms with E-state index in [1.807, 2.05) is 0 Å². The molecule has 0 saturated carbocycles. The molecule has 0 radical (unpaired) electrons. The van der Waals surface area contributed by atoms with Crippen LogP contribution in [0.2, 0.25) is 0 Å². The summed E-state index contributed by atoms with van der Waals surface area (Å²) in [6.45, 7) is 4.88. The lowest BCUT2D eigenvalue weighted by Crippen LogP contribution is -2.61. The first-order valence-corrected chi connectivity index (χ1v) is 6.59. The van der Waals surface area contributed by atoms with Gasteiger partial charge in [0.25, 0.3) is 6.23 Å². The molecule has 122 valence electrons. The summed E-state index contributed by atoms with van der Waals surface area (Å²) in [4.78, 5) is 46.9. The Hall–Kier alpha value is -2.38. The van der Waals surface area contributed by atoms with Gasteiger partial charge in [0.15, 0.2) is 0 Å². The van der Waals surface area contributed by atoms with Crippen molar-refractivity contribution < 1.29 is 33.4 Å². The zero-order valence-corrected chi connectivity index (χ0v) is 12.8. The molecule has 1 aliphatic heterocycles. The molecule has 0 N–H and O–H groups in total. The van der Waals surface area contributed by atoms with E-state index in [4.69, 9.17) is 4.74 Å². The first-order chi connectivity index (χ1) is 10.3. The second-order valence-corrected chi connectivity index (χ2v) is 4.85. The van der Waals surface area contributed by atoms with E-state index in [0.717, 1.165) is 18.9 Å². The van der Waals surface area contributed by atoms with Crippen LogP contribution in [-0.4, -0.2) is 55.2 Å². The van der Waals surface area contributed by atoms with E-state index in [-0.39, 0.29) is 24.8 Å². The fourth-order valence-electron chi connectivity index (χ4n) is 2.15. The molecule has 1 aliphatic rings. The number of amides is 1. The Morgan fingerprint density at radius 2 is 1.95 bits per heavy atom. The Bertz CT molecular complexity index is 499. The molecule has 1 rings (SSSR count). The van der Waals surface area contributed by atoms with Crippen LogP contribution in [0.15, 0.2) is 12.2 Å². The third kappa shape index (κ3) is 4.31. The van der Waals surface area contributed by atoms with Crippen LogP contribution in [0.4, 0.5) is 0 Å². The third-order valence-corrected chi connectivity index (χ3v) is 3.17. The van der Waals surface area contributed by atoms with Crippen molar-refractivity contribution >= 4 is 23.8 Å². The molecule has 1 fully saturated rings. The summed E-state index contributed by atoms with van der Waals surface area (Å²) in [5.41, 5.74) is 0.556. The lowest BCUT2D eigenvalue weighted by molar-refractivity contribution is -0.193. The Morgan fingerprint density at radius 3 is 2.41 bits per heavy atom. The van der Waals surface area contributed by atoms with E-state index in [1.165, 1.54) is 7.11 Å². The number of carbonyl (C=O) groups excluding carboxylic acids is 4. The second-order valence-electron chi connectivity index (χ2n) is 4.85. The molecule has 8 nitrogen and oxygen atoms in total. The molecule has 0 aromatic heterocycles. The SMILES string of the molecule is C=C(CC(=O)OC)C[C@H]1CC(=O)N1C(OC(C)=O)C(=O)OC. The van der Waals surface area contributed by atoms with Crippen molar-refractivity contribution in [2.75, 3.05) is 14.2 Å². The summed E-state index contributed by atoms with van der Waals surface area (Å²) < 4.78 is 13.9. The monoisotopic (exact) mass is 313 g/mol. The van der Waals surface area contributed by atoms with Crippen LogP contribution < -0.4 is 0 Å². The van der Waals surface area contributed by atoms with E-state index < -0.39 is 24.1 Å². The fourth-order valence-corrected chi connectivity index (χ4v) is 2.15. The molecule has 0 spiro atoms. The predicted octanol–water partition coefficient (Wildman–Crippen LogP) is 0.159. The van der Waals surface area contributed by atoms with Crippen LogP contribution in [-0.2, 0) is 33.4 Å². The average molecular weight is 313 g/mol. The second kappa shape index (κ2) is 7.58. The van der Waals surface area contributed by atoms with Crippen molar-refractivity contribution in [3.05, 3.63) is 12.2 Å². The van der Waals surface area contributed by atoms with Crippen LogP contribution in [0.5, 0.6) is 0 Å². The summed E-state index contributed by atoms with van der Waals surface area (Å²) >= 11 is 0. The number of ether oxygens (including phenoxy) is 3. The lowest BCUT2D eigenvalue weighted by Gasteiger charge is -2.43. The molecule has 22 heavy (non-hydrogen) atoms. The van der Waals surface area contributed by atoms with E-state index in [2.05, 4.69) is 16.1 Å². The van der Waals surface area contributed by atoms with Gasteiger partial charge in [0.05, 0.1) is 20.6 Å². The minimum atomic E-state index is -1.42. The van der Waals surface area contributed by atoms with Gasteiger partial charge in [-0.15, -0.1) is 0 Å². The largest absolute Gasteiger partial charge is 0.469 e.